The third-order valence-electron chi connectivity index (χ3n) is 5.88. The number of rotatable bonds is 10. The number of carbonyl (C=O) groups excluding carboxylic acids is 2. The zero-order chi connectivity index (χ0) is 23.8. The fourth-order valence-corrected chi connectivity index (χ4v) is 5.19. The summed E-state index contributed by atoms with van der Waals surface area (Å²) >= 11 is 0. The summed E-state index contributed by atoms with van der Waals surface area (Å²) in [7, 11) is -3.86. The maximum absolute atomic E-state index is 13.3. The molecular weight excluding hydrogens is 442 g/mol. The Labute approximate surface area is 195 Å². The SMILES string of the molecule is CC(C)C(C(=O)NC1CCCCC1)N(Cc1ccco1)C(=O)CNS(=O)(=O)c1ccccc1. The van der Waals surface area contributed by atoms with E-state index in [9.17, 15) is 18.0 Å². The molecule has 3 rings (SSSR count). The number of amides is 2. The van der Waals surface area contributed by atoms with Crippen LogP contribution in [-0.4, -0.2) is 43.8 Å². The predicted molar refractivity (Wildman–Crippen MR) is 125 cm³/mol. The highest BCUT2D eigenvalue weighted by atomic mass is 32.2. The van der Waals surface area contributed by atoms with E-state index in [1.54, 1.807) is 30.3 Å². The summed E-state index contributed by atoms with van der Waals surface area (Å²) in [6.07, 6.45) is 6.69. The molecule has 1 aliphatic carbocycles. The van der Waals surface area contributed by atoms with Crippen LogP contribution in [0.2, 0.25) is 0 Å². The first-order valence-electron chi connectivity index (χ1n) is 11.4. The van der Waals surface area contributed by atoms with E-state index in [2.05, 4.69) is 10.0 Å². The Bertz CT molecular complexity index is 1000. The van der Waals surface area contributed by atoms with Gasteiger partial charge in [0.2, 0.25) is 21.8 Å². The van der Waals surface area contributed by atoms with Crippen molar-refractivity contribution in [1.82, 2.24) is 14.9 Å². The van der Waals surface area contributed by atoms with Gasteiger partial charge in [0.1, 0.15) is 11.8 Å². The van der Waals surface area contributed by atoms with Crippen molar-refractivity contribution in [2.75, 3.05) is 6.54 Å². The van der Waals surface area contributed by atoms with Crippen LogP contribution in [0.1, 0.15) is 51.7 Å². The number of nitrogens with zero attached hydrogens (tertiary/aromatic N) is 1. The van der Waals surface area contributed by atoms with Crippen molar-refractivity contribution in [3.63, 3.8) is 0 Å². The number of nitrogens with one attached hydrogen (secondary N) is 2. The van der Waals surface area contributed by atoms with Gasteiger partial charge in [-0.25, -0.2) is 13.1 Å². The molecule has 2 N–H and O–H groups in total. The summed E-state index contributed by atoms with van der Waals surface area (Å²) in [5, 5.41) is 3.11. The molecule has 0 saturated heterocycles. The summed E-state index contributed by atoms with van der Waals surface area (Å²) in [6.45, 7) is 3.36. The second-order valence-electron chi connectivity index (χ2n) is 8.77. The Hall–Kier alpha value is -2.65. The Balaban J connectivity index is 1.77. The number of sulfonamides is 1. The number of hydrogen-bond acceptors (Lipinski definition) is 5. The quantitative estimate of drug-likeness (QED) is 0.549. The largest absolute Gasteiger partial charge is 0.467 e. The van der Waals surface area contributed by atoms with Crippen molar-refractivity contribution in [3.8, 4) is 0 Å². The first-order chi connectivity index (χ1) is 15.8. The molecule has 2 amide bonds. The normalized spacial score (nSPS) is 15.8. The van der Waals surface area contributed by atoms with Crippen LogP contribution in [0, 0.1) is 5.92 Å². The van der Waals surface area contributed by atoms with E-state index in [-0.39, 0.29) is 29.3 Å². The second kappa shape index (κ2) is 11.5. The van der Waals surface area contributed by atoms with Crippen LogP contribution in [-0.2, 0) is 26.2 Å². The average molecular weight is 476 g/mol. The van der Waals surface area contributed by atoms with Crippen molar-refractivity contribution in [3.05, 3.63) is 54.5 Å². The molecule has 0 aliphatic heterocycles. The van der Waals surface area contributed by atoms with Crippen molar-refractivity contribution in [2.24, 2.45) is 5.92 Å². The smallest absolute Gasteiger partial charge is 0.243 e. The zero-order valence-corrected chi connectivity index (χ0v) is 20.0. The summed E-state index contributed by atoms with van der Waals surface area (Å²) in [6, 6.07) is 10.6. The first kappa shape index (κ1) is 25.0. The van der Waals surface area contributed by atoms with Crippen molar-refractivity contribution >= 4 is 21.8 Å². The molecule has 0 radical (unpaired) electrons. The summed E-state index contributed by atoms with van der Waals surface area (Å²) in [5.74, 6) is -0.380. The maximum atomic E-state index is 13.3. The zero-order valence-electron chi connectivity index (χ0n) is 19.2. The molecule has 180 valence electrons. The molecule has 1 aliphatic rings. The van der Waals surface area contributed by atoms with Gasteiger partial charge in [-0.15, -0.1) is 0 Å². The first-order valence-corrected chi connectivity index (χ1v) is 12.9. The molecule has 1 aromatic heterocycles. The minimum Gasteiger partial charge on any atom is -0.467 e. The highest BCUT2D eigenvalue weighted by Crippen LogP contribution is 2.20. The molecule has 2 aromatic rings. The van der Waals surface area contributed by atoms with Crippen molar-refractivity contribution in [1.29, 1.82) is 0 Å². The van der Waals surface area contributed by atoms with Gasteiger partial charge in [0.25, 0.3) is 0 Å². The Morgan fingerprint density at radius 3 is 2.36 bits per heavy atom. The number of furan rings is 1. The predicted octanol–water partition coefficient (Wildman–Crippen LogP) is 3.06. The molecule has 0 spiro atoms. The van der Waals surface area contributed by atoms with E-state index in [0.717, 1.165) is 25.7 Å². The van der Waals surface area contributed by atoms with Gasteiger partial charge in [0, 0.05) is 6.04 Å². The van der Waals surface area contributed by atoms with Crippen LogP contribution < -0.4 is 10.0 Å². The molecule has 9 heteroatoms. The van der Waals surface area contributed by atoms with E-state index >= 15 is 0 Å². The van der Waals surface area contributed by atoms with Gasteiger partial charge in [0.05, 0.1) is 24.2 Å². The van der Waals surface area contributed by atoms with Gasteiger partial charge in [-0.05, 0) is 43.0 Å². The van der Waals surface area contributed by atoms with E-state index in [0.29, 0.717) is 5.76 Å². The fraction of sp³-hybridized carbons (Fsp3) is 0.500. The monoisotopic (exact) mass is 475 g/mol. The van der Waals surface area contributed by atoms with Crippen LogP contribution in [0.4, 0.5) is 0 Å². The van der Waals surface area contributed by atoms with Crippen molar-refractivity contribution in [2.45, 2.75) is 69.5 Å². The van der Waals surface area contributed by atoms with Gasteiger partial charge in [-0.2, -0.15) is 0 Å². The van der Waals surface area contributed by atoms with Gasteiger partial charge in [-0.1, -0.05) is 51.3 Å². The number of benzene rings is 1. The van der Waals surface area contributed by atoms with Gasteiger partial charge in [-0.3, -0.25) is 9.59 Å². The van der Waals surface area contributed by atoms with Gasteiger partial charge in [0.15, 0.2) is 0 Å². The third-order valence-corrected chi connectivity index (χ3v) is 7.30. The highest BCUT2D eigenvalue weighted by Gasteiger charge is 2.34. The fourth-order valence-electron chi connectivity index (χ4n) is 4.19. The summed E-state index contributed by atoms with van der Waals surface area (Å²) in [5.41, 5.74) is 0. The van der Waals surface area contributed by atoms with Gasteiger partial charge < -0.3 is 14.6 Å². The standard InChI is InChI=1S/C24H33N3O5S/c1-18(2)23(24(29)26-19-10-5-3-6-11-19)27(17-20-12-9-15-32-20)22(28)16-25-33(30,31)21-13-7-4-8-14-21/h4,7-9,12-15,18-19,23,25H,3,5-6,10-11,16-17H2,1-2H3,(H,26,29). The molecule has 33 heavy (non-hydrogen) atoms. The van der Waals surface area contributed by atoms with Gasteiger partial charge >= 0.3 is 0 Å². The summed E-state index contributed by atoms with van der Waals surface area (Å²) < 4.78 is 33.0. The number of carbonyl (C=O) groups is 2. The van der Waals surface area contributed by atoms with Crippen LogP contribution >= 0.6 is 0 Å². The third kappa shape index (κ3) is 6.91. The highest BCUT2D eigenvalue weighted by molar-refractivity contribution is 7.89. The Kier molecular flexibility index (Phi) is 8.68. The van der Waals surface area contributed by atoms with Crippen LogP contribution in [0.3, 0.4) is 0 Å². The van der Waals surface area contributed by atoms with Crippen LogP contribution in [0.25, 0.3) is 0 Å². The summed E-state index contributed by atoms with van der Waals surface area (Å²) in [4.78, 5) is 28.0. The van der Waals surface area contributed by atoms with E-state index in [1.165, 1.54) is 29.7 Å². The lowest BCUT2D eigenvalue weighted by atomic mass is 9.94. The lowest BCUT2D eigenvalue weighted by molar-refractivity contribution is -0.142. The molecule has 0 bridgehead atoms. The maximum Gasteiger partial charge on any atom is 0.243 e. The Morgan fingerprint density at radius 1 is 1.06 bits per heavy atom. The lowest BCUT2D eigenvalue weighted by Gasteiger charge is -2.35. The molecule has 1 atom stereocenters. The molecule has 1 unspecified atom stereocenters. The molecular formula is C24H33N3O5S. The minimum atomic E-state index is -3.86. The van der Waals surface area contributed by atoms with Crippen LogP contribution in [0.15, 0.2) is 58.0 Å². The van der Waals surface area contributed by atoms with E-state index in [1.807, 2.05) is 13.8 Å². The molecule has 1 saturated carbocycles. The number of hydrogen-bond donors (Lipinski definition) is 2. The van der Waals surface area contributed by atoms with Crippen LogP contribution in [0.5, 0.6) is 0 Å². The molecule has 1 fully saturated rings. The molecule has 1 aromatic carbocycles. The van der Waals surface area contributed by atoms with Crippen molar-refractivity contribution < 1.29 is 22.4 Å². The Morgan fingerprint density at radius 2 is 1.76 bits per heavy atom. The second-order valence-corrected chi connectivity index (χ2v) is 10.5. The van der Waals surface area contributed by atoms with E-state index < -0.39 is 28.5 Å². The molecule has 8 nitrogen and oxygen atoms in total. The lowest BCUT2D eigenvalue weighted by Crippen LogP contribution is -2.55. The topological polar surface area (TPSA) is 109 Å². The molecule has 1 heterocycles. The minimum absolute atomic E-state index is 0.0693. The average Bonchev–Trinajstić information content (AvgIpc) is 3.31. The van der Waals surface area contributed by atoms with E-state index in [4.69, 9.17) is 4.42 Å².